The Morgan fingerprint density at radius 3 is 1.77 bits per heavy atom. The van der Waals surface area contributed by atoms with E-state index < -0.39 is 0 Å². The molecule has 0 unspecified atom stereocenters. The Bertz CT molecular complexity index is 1330. The molecule has 0 amide bonds. The number of anilines is 2. The van der Waals surface area contributed by atoms with E-state index in [1.165, 1.54) is 0 Å². The number of aromatic nitrogens is 4. The number of rotatable bonds is 3. The summed E-state index contributed by atoms with van der Waals surface area (Å²) in [5.74, 6) is 1.77. The maximum absolute atomic E-state index is 10.8. The third kappa shape index (κ3) is 5.72. The van der Waals surface area contributed by atoms with Crippen LogP contribution in [0, 0.1) is 0 Å². The van der Waals surface area contributed by atoms with Gasteiger partial charge in [-0.15, -0.1) is 0 Å². The number of morpholine rings is 2. The molecule has 0 N–H and O–H groups in total. The van der Waals surface area contributed by atoms with Gasteiger partial charge in [0.2, 0.25) is 0 Å². The SMILES string of the molecule is Brc1ccc2ncc(N3CCOCC3)nc2c1.O=Cc1ccc2ncc(N3CCOCC3)nc2c1. The Morgan fingerprint density at radius 2 is 1.23 bits per heavy atom. The molecule has 180 valence electrons. The van der Waals surface area contributed by atoms with Crippen molar-refractivity contribution in [3.05, 3.63) is 58.8 Å². The molecule has 35 heavy (non-hydrogen) atoms. The van der Waals surface area contributed by atoms with E-state index in [1.807, 2.05) is 30.5 Å². The number of fused-ring (bicyclic) bond motifs is 2. The molecule has 2 fully saturated rings. The first-order valence-corrected chi connectivity index (χ1v) is 12.3. The topological polar surface area (TPSA) is 93.6 Å². The minimum Gasteiger partial charge on any atom is -0.378 e. The van der Waals surface area contributed by atoms with Crippen LogP contribution in [0.2, 0.25) is 0 Å². The van der Waals surface area contributed by atoms with Gasteiger partial charge in [-0.05, 0) is 36.4 Å². The fourth-order valence-corrected chi connectivity index (χ4v) is 4.31. The quantitative estimate of drug-likeness (QED) is 0.364. The molecule has 0 radical (unpaired) electrons. The summed E-state index contributed by atoms with van der Waals surface area (Å²) in [6, 6.07) is 11.3. The molecular formula is C25H25BrN6O3. The second-order valence-corrected chi connectivity index (χ2v) is 9.07. The fraction of sp³-hybridized carbons (Fsp3) is 0.320. The van der Waals surface area contributed by atoms with Gasteiger partial charge < -0.3 is 19.3 Å². The normalized spacial score (nSPS) is 16.1. The molecular weight excluding hydrogens is 512 g/mol. The maximum Gasteiger partial charge on any atom is 0.150 e. The Morgan fingerprint density at radius 1 is 0.714 bits per heavy atom. The van der Waals surface area contributed by atoms with E-state index in [0.717, 1.165) is 83.9 Å². The zero-order valence-corrected chi connectivity index (χ0v) is 20.7. The highest BCUT2D eigenvalue weighted by atomic mass is 79.9. The Kier molecular flexibility index (Phi) is 7.41. The molecule has 0 saturated carbocycles. The number of halogens is 1. The van der Waals surface area contributed by atoms with Gasteiger partial charge in [0.05, 0.1) is 60.9 Å². The zero-order chi connectivity index (χ0) is 24.0. The molecule has 2 aliphatic rings. The number of hydrogen-bond donors (Lipinski definition) is 0. The minimum atomic E-state index is 0.621. The third-order valence-corrected chi connectivity index (χ3v) is 6.34. The highest BCUT2D eigenvalue weighted by Crippen LogP contribution is 2.20. The lowest BCUT2D eigenvalue weighted by Crippen LogP contribution is -2.36. The largest absolute Gasteiger partial charge is 0.378 e. The van der Waals surface area contributed by atoms with Crippen LogP contribution >= 0.6 is 15.9 Å². The van der Waals surface area contributed by atoms with Gasteiger partial charge in [0.15, 0.2) is 0 Å². The van der Waals surface area contributed by atoms with Gasteiger partial charge in [0.25, 0.3) is 0 Å². The van der Waals surface area contributed by atoms with Gasteiger partial charge in [-0.3, -0.25) is 14.8 Å². The standard InChI is InChI=1S/C13H13N3O2.C12H12BrN3O/c17-9-10-1-2-11-12(7-10)15-13(8-14-11)16-3-5-18-6-4-16;13-9-1-2-10-11(7-9)15-12(8-14-10)16-3-5-17-6-4-16/h1-2,7-9H,3-6H2;1-2,7-8H,3-6H2. The van der Waals surface area contributed by atoms with Gasteiger partial charge >= 0.3 is 0 Å². The molecule has 2 saturated heterocycles. The summed E-state index contributed by atoms with van der Waals surface area (Å²) in [5.41, 5.74) is 4.02. The Labute approximate surface area is 211 Å². The van der Waals surface area contributed by atoms with Crippen molar-refractivity contribution in [3.63, 3.8) is 0 Å². The van der Waals surface area contributed by atoms with Crippen LogP contribution in [0.25, 0.3) is 22.1 Å². The van der Waals surface area contributed by atoms with Crippen LogP contribution in [0.4, 0.5) is 11.6 Å². The molecule has 4 aromatic rings. The van der Waals surface area contributed by atoms with Crippen LogP contribution < -0.4 is 9.80 Å². The van der Waals surface area contributed by atoms with Crippen molar-refractivity contribution in [1.29, 1.82) is 0 Å². The second kappa shape index (κ2) is 11.0. The molecule has 0 bridgehead atoms. The lowest BCUT2D eigenvalue weighted by atomic mass is 10.2. The van der Waals surface area contributed by atoms with Crippen molar-refractivity contribution < 1.29 is 14.3 Å². The molecule has 2 aliphatic heterocycles. The van der Waals surface area contributed by atoms with Crippen LogP contribution in [-0.2, 0) is 9.47 Å². The number of nitrogens with zero attached hydrogens (tertiary/aromatic N) is 6. The van der Waals surface area contributed by atoms with E-state index in [1.54, 1.807) is 18.3 Å². The molecule has 2 aromatic carbocycles. The molecule has 0 spiro atoms. The summed E-state index contributed by atoms with van der Waals surface area (Å²) in [5, 5.41) is 0. The van der Waals surface area contributed by atoms with Crippen molar-refractivity contribution in [2.75, 3.05) is 62.4 Å². The van der Waals surface area contributed by atoms with E-state index in [0.29, 0.717) is 18.8 Å². The van der Waals surface area contributed by atoms with Crippen LogP contribution in [-0.4, -0.2) is 78.8 Å². The molecule has 0 aliphatic carbocycles. The predicted molar refractivity (Wildman–Crippen MR) is 138 cm³/mol. The smallest absolute Gasteiger partial charge is 0.150 e. The highest BCUT2D eigenvalue weighted by Gasteiger charge is 2.14. The average Bonchev–Trinajstić information content (AvgIpc) is 2.93. The monoisotopic (exact) mass is 536 g/mol. The Balaban J connectivity index is 0.000000145. The highest BCUT2D eigenvalue weighted by molar-refractivity contribution is 9.10. The van der Waals surface area contributed by atoms with E-state index in [4.69, 9.17) is 9.47 Å². The van der Waals surface area contributed by atoms with E-state index in [9.17, 15) is 4.79 Å². The summed E-state index contributed by atoms with van der Waals surface area (Å²) in [6.45, 7) is 6.38. The van der Waals surface area contributed by atoms with E-state index in [2.05, 4.69) is 45.7 Å². The van der Waals surface area contributed by atoms with Crippen molar-refractivity contribution in [3.8, 4) is 0 Å². The van der Waals surface area contributed by atoms with Crippen molar-refractivity contribution >= 4 is 55.9 Å². The molecule has 0 atom stereocenters. The lowest BCUT2D eigenvalue weighted by molar-refractivity contribution is 0.112. The first-order valence-electron chi connectivity index (χ1n) is 11.5. The first-order chi connectivity index (χ1) is 17.2. The number of aldehydes is 1. The first kappa shape index (κ1) is 23.5. The maximum atomic E-state index is 10.8. The number of hydrogen-bond acceptors (Lipinski definition) is 9. The van der Waals surface area contributed by atoms with Gasteiger partial charge in [-0.2, -0.15) is 0 Å². The summed E-state index contributed by atoms with van der Waals surface area (Å²) in [7, 11) is 0. The van der Waals surface area contributed by atoms with Crippen LogP contribution in [0.15, 0.2) is 53.3 Å². The minimum absolute atomic E-state index is 0.621. The van der Waals surface area contributed by atoms with Gasteiger partial charge in [0, 0.05) is 36.2 Å². The summed E-state index contributed by atoms with van der Waals surface area (Å²) >= 11 is 3.45. The van der Waals surface area contributed by atoms with Crippen LogP contribution in [0.5, 0.6) is 0 Å². The predicted octanol–water partition coefficient (Wildman–Crippen LogP) is 3.51. The van der Waals surface area contributed by atoms with Gasteiger partial charge in [-0.25, -0.2) is 9.97 Å². The van der Waals surface area contributed by atoms with Crippen LogP contribution in [0.3, 0.4) is 0 Å². The fourth-order valence-electron chi connectivity index (χ4n) is 3.96. The van der Waals surface area contributed by atoms with E-state index in [-0.39, 0.29) is 0 Å². The van der Waals surface area contributed by atoms with Crippen LogP contribution in [0.1, 0.15) is 10.4 Å². The third-order valence-electron chi connectivity index (χ3n) is 5.85. The second-order valence-electron chi connectivity index (χ2n) is 8.15. The lowest BCUT2D eigenvalue weighted by Gasteiger charge is -2.27. The zero-order valence-electron chi connectivity index (χ0n) is 19.1. The van der Waals surface area contributed by atoms with Crippen molar-refractivity contribution in [1.82, 2.24) is 19.9 Å². The Hall–Kier alpha value is -3.21. The number of carbonyl (C=O) groups excluding carboxylic acids is 1. The van der Waals surface area contributed by atoms with Gasteiger partial charge in [-0.1, -0.05) is 15.9 Å². The number of carbonyl (C=O) groups is 1. The summed E-state index contributed by atoms with van der Waals surface area (Å²) < 4.78 is 11.7. The molecule has 6 rings (SSSR count). The number of benzene rings is 2. The summed E-state index contributed by atoms with van der Waals surface area (Å²) in [6.07, 6.45) is 4.43. The molecule has 4 heterocycles. The average molecular weight is 537 g/mol. The summed E-state index contributed by atoms with van der Waals surface area (Å²) in [4.78, 5) is 33.1. The number of ether oxygens (including phenoxy) is 2. The van der Waals surface area contributed by atoms with E-state index >= 15 is 0 Å². The van der Waals surface area contributed by atoms with Crippen molar-refractivity contribution in [2.24, 2.45) is 0 Å². The van der Waals surface area contributed by atoms with Gasteiger partial charge in [0.1, 0.15) is 17.9 Å². The molecule has 2 aromatic heterocycles. The molecule has 10 heteroatoms. The van der Waals surface area contributed by atoms with Crippen molar-refractivity contribution in [2.45, 2.75) is 0 Å². The molecule has 9 nitrogen and oxygen atoms in total.